The largest absolute Gasteiger partial charge is 0.497 e. The number of hydrogen-bond acceptors (Lipinski definition) is 5. The van der Waals surface area contributed by atoms with E-state index in [2.05, 4.69) is 25.8 Å². The fourth-order valence-electron chi connectivity index (χ4n) is 2.86. The van der Waals surface area contributed by atoms with E-state index in [1.807, 2.05) is 37.3 Å². The number of methoxy groups -OCH3 is 1. The lowest BCUT2D eigenvalue weighted by Gasteiger charge is -2.11. The minimum absolute atomic E-state index is 0.158. The molecule has 134 valence electrons. The minimum Gasteiger partial charge on any atom is -0.497 e. The smallest absolute Gasteiger partial charge is 0.270 e. The zero-order chi connectivity index (χ0) is 18.1. The highest BCUT2D eigenvalue weighted by molar-refractivity contribution is 6.06. The summed E-state index contributed by atoms with van der Waals surface area (Å²) in [5.74, 6) is 2.40. The number of aromatic amines is 1. The second-order valence-electron chi connectivity index (χ2n) is 6.66. The van der Waals surface area contributed by atoms with Gasteiger partial charge in [-0.25, -0.2) is 4.98 Å². The minimum atomic E-state index is -0.158. The van der Waals surface area contributed by atoms with E-state index in [1.165, 1.54) is 12.8 Å². The van der Waals surface area contributed by atoms with Gasteiger partial charge in [-0.1, -0.05) is 0 Å². The maximum atomic E-state index is 12.7. The molecular weight excluding hydrogens is 330 g/mol. The summed E-state index contributed by atoms with van der Waals surface area (Å²) in [4.78, 5) is 17.2. The second kappa shape index (κ2) is 6.67. The van der Waals surface area contributed by atoms with E-state index in [0.717, 1.165) is 22.2 Å². The Balaban J connectivity index is 1.72. The van der Waals surface area contributed by atoms with E-state index in [0.29, 0.717) is 29.8 Å². The maximum absolute atomic E-state index is 12.7. The van der Waals surface area contributed by atoms with Gasteiger partial charge in [-0.05, 0) is 55.3 Å². The highest BCUT2D eigenvalue weighted by atomic mass is 16.5. The first-order chi connectivity index (χ1) is 12.6. The van der Waals surface area contributed by atoms with Gasteiger partial charge in [-0.2, -0.15) is 5.10 Å². The number of aromatic nitrogens is 3. The van der Waals surface area contributed by atoms with Gasteiger partial charge in [0.1, 0.15) is 17.3 Å². The van der Waals surface area contributed by atoms with Gasteiger partial charge in [0.25, 0.3) is 5.91 Å². The first kappa shape index (κ1) is 16.4. The van der Waals surface area contributed by atoms with E-state index in [-0.39, 0.29) is 5.91 Å². The summed E-state index contributed by atoms with van der Waals surface area (Å²) in [6.07, 6.45) is 2.37. The van der Waals surface area contributed by atoms with Crippen molar-refractivity contribution in [1.82, 2.24) is 20.5 Å². The number of nitrogens with one attached hydrogen (secondary N) is 3. The first-order valence-electron chi connectivity index (χ1n) is 8.68. The number of hydrogen-bond donors (Lipinski definition) is 3. The highest BCUT2D eigenvalue weighted by Crippen LogP contribution is 2.29. The molecule has 1 aliphatic rings. The molecule has 7 heteroatoms. The Morgan fingerprint density at radius 2 is 2.12 bits per heavy atom. The average Bonchev–Trinajstić information content (AvgIpc) is 3.39. The summed E-state index contributed by atoms with van der Waals surface area (Å²) in [7, 11) is 1.62. The number of H-pyrrole nitrogens is 1. The Bertz CT molecular complexity index is 962. The number of rotatable bonds is 6. The van der Waals surface area contributed by atoms with Gasteiger partial charge < -0.3 is 15.4 Å². The topological polar surface area (TPSA) is 91.9 Å². The molecule has 3 aromatic rings. The number of nitrogens with zero attached hydrogens (tertiary/aromatic N) is 2. The Morgan fingerprint density at radius 3 is 2.81 bits per heavy atom. The lowest BCUT2D eigenvalue weighted by Crippen LogP contribution is -2.26. The fourth-order valence-corrected chi connectivity index (χ4v) is 2.86. The Hall–Kier alpha value is -3.09. The molecule has 4 rings (SSSR count). The number of fused-ring (bicyclic) bond motifs is 1. The molecule has 1 saturated carbocycles. The third-order valence-corrected chi connectivity index (χ3v) is 4.46. The summed E-state index contributed by atoms with van der Waals surface area (Å²) in [5, 5.41) is 14.9. The van der Waals surface area contributed by atoms with Gasteiger partial charge in [-0.3, -0.25) is 9.89 Å². The number of carbonyl (C=O) groups excluding carboxylic acids is 1. The quantitative estimate of drug-likeness (QED) is 0.634. The summed E-state index contributed by atoms with van der Waals surface area (Å²) < 4.78 is 5.31. The molecule has 26 heavy (non-hydrogen) atoms. The molecule has 0 radical (unpaired) electrons. The fraction of sp³-hybridized carbons (Fsp3) is 0.316. The van der Waals surface area contributed by atoms with Crippen LogP contribution in [0.4, 0.5) is 11.6 Å². The SMILES string of the molecule is COc1ccc2c(C(=O)NCC3CC3)nc(Nc3cc(C)[nH]n3)cc2c1. The summed E-state index contributed by atoms with van der Waals surface area (Å²) in [5.41, 5.74) is 1.35. The molecule has 0 saturated heterocycles. The number of carbonyl (C=O) groups is 1. The normalized spacial score (nSPS) is 13.6. The molecule has 2 heterocycles. The number of pyridine rings is 1. The molecule has 7 nitrogen and oxygen atoms in total. The van der Waals surface area contributed by atoms with Crippen molar-refractivity contribution in [3.63, 3.8) is 0 Å². The van der Waals surface area contributed by atoms with Crippen molar-refractivity contribution in [2.75, 3.05) is 19.0 Å². The molecule has 1 amide bonds. The summed E-state index contributed by atoms with van der Waals surface area (Å²) in [6.45, 7) is 2.63. The molecular formula is C19H21N5O2. The molecule has 0 spiro atoms. The van der Waals surface area contributed by atoms with E-state index >= 15 is 0 Å². The van der Waals surface area contributed by atoms with E-state index in [9.17, 15) is 4.79 Å². The second-order valence-corrected chi connectivity index (χ2v) is 6.66. The zero-order valence-corrected chi connectivity index (χ0v) is 14.8. The van der Waals surface area contributed by atoms with Crippen LogP contribution in [-0.4, -0.2) is 34.7 Å². The standard InChI is InChI=1S/C19H21N5O2/c1-11-7-17(24-23-11)21-16-9-13-8-14(26-2)5-6-15(13)18(22-16)19(25)20-10-12-3-4-12/h5-9,12H,3-4,10H2,1-2H3,(H,20,25)(H2,21,22,23,24). The Kier molecular flexibility index (Phi) is 4.20. The van der Waals surface area contributed by atoms with Crippen molar-refractivity contribution in [3.8, 4) is 5.75 Å². The van der Waals surface area contributed by atoms with Gasteiger partial charge in [0.2, 0.25) is 0 Å². The van der Waals surface area contributed by atoms with Crippen LogP contribution in [0.3, 0.4) is 0 Å². The van der Waals surface area contributed by atoms with Gasteiger partial charge >= 0.3 is 0 Å². The van der Waals surface area contributed by atoms with Gasteiger partial charge in [0.05, 0.1) is 7.11 Å². The van der Waals surface area contributed by atoms with Gasteiger partial charge in [0, 0.05) is 23.7 Å². The van der Waals surface area contributed by atoms with Gasteiger partial charge in [0.15, 0.2) is 5.82 Å². The molecule has 1 aliphatic carbocycles. The number of benzene rings is 1. The summed E-state index contributed by atoms with van der Waals surface area (Å²) in [6, 6.07) is 9.38. The molecule has 0 unspecified atom stereocenters. The van der Waals surface area contributed by atoms with E-state index < -0.39 is 0 Å². The van der Waals surface area contributed by atoms with E-state index in [4.69, 9.17) is 4.74 Å². The lowest BCUT2D eigenvalue weighted by molar-refractivity contribution is 0.0949. The molecule has 0 bridgehead atoms. The average molecular weight is 351 g/mol. The van der Waals surface area contributed by atoms with Gasteiger partial charge in [-0.15, -0.1) is 0 Å². The molecule has 1 aromatic carbocycles. The van der Waals surface area contributed by atoms with Crippen molar-refractivity contribution in [2.45, 2.75) is 19.8 Å². The van der Waals surface area contributed by atoms with Crippen LogP contribution in [-0.2, 0) is 0 Å². The van der Waals surface area contributed by atoms with Crippen LogP contribution in [0, 0.1) is 12.8 Å². The van der Waals surface area contributed by atoms with Crippen molar-refractivity contribution in [2.24, 2.45) is 5.92 Å². The Morgan fingerprint density at radius 1 is 1.27 bits per heavy atom. The number of anilines is 2. The third kappa shape index (κ3) is 3.46. The summed E-state index contributed by atoms with van der Waals surface area (Å²) >= 11 is 0. The maximum Gasteiger partial charge on any atom is 0.270 e. The van der Waals surface area contributed by atoms with Crippen LogP contribution in [0.2, 0.25) is 0 Å². The van der Waals surface area contributed by atoms with Crippen LogP contribution in [0.1, 0.15) is 29.0 Å². The molecule has 3 N–H and O–H groups in total. The first-order valence-corrected chi connectivity index (χ1v) is 8.68. The van der Waals surface area contributed by atoms with Crippen LogP contribution >= 0.6 is 0 Å². The number of amides is 1. The monoisotopic (exact) mass is 351 g/mol. The van der Waals surface area contributed by atoms with Crippen LogP contribution in [0.5, 0.6) is 5.75 Å². The van der Waals surface area contributed by atoms with Crippen molar-refractivity contribution >= 4 is 28.3 Å². The molecule has 1 fully saturated rings. The van der Waals surface area contributed by atoms with Crippen molar-refractivity contribution < 1.29 is 9.53 Å². The molecule has 0 atom stereocenters. The highest BCUT2D eigenvalue weighted by Gasteiger charge is 2.23. The number of ether oxygens (including phenoxy) is 1. The van der Waals surface area contributed by atoms with Crippen LogP contribution in [0.15, 0.2) is 30.3 Å². The predicted molar refractivity (Wildman–Crippen MR) is 100.0 cm³/mol. The molecule has 0 aliphatic heterocycles. The Labute approximate surface area is 151 Å². The van der Waals surface area contributed by atoms with Crippen LogP contribution in [0.25, 0.3) is 10.8 Å². The zero-order valence-electron chi connectivity index (χ0n) is 14.8. The van der Waals surface area contributed by atoms with E-state index in [1.54, 1.807) is 7.11 Å². The third-order valence-electron chi connectivity index (χ3n) is 4.46. The lowest BCUT2D eigenvalue weighted by atomic mass is 10.1. The van der Waals surface area contributed by atoms with Crippen molar-refractivity contribution in [3.05, 3.63) is 41.7 Å². The number of aryl methyl sites for hydroxylation is 1. The molecule has 2 aromatic heterocycles. The van der Waals surface area contributed by atoms with Crippen LogP contribution < -0.4 is 15.4 Å². The van der Waals surface area contributed by atoms with Crippen molar-refractivity contribution in [1.29, 1.82) is 0 Å². The predicted octanol–water partition coefficient (Wildman–Crippen LogP) is 3.16.